The smallest absolute Gasteiger partial charge is 0.497 e. The second kappa shape index (κ2) is 5.33. The van der Waals surface area contributed by atoms with Crippen LogP contribution in [0.2, 0.25) is 0 Å². The van der Waals surface area contributed by atoms with Gasteiger partial charge in [0.2, 0.25) is 5.95 Å². The van der Waals surface area contributed by atoms with E-state index in [9.17, 15) is 13.6 Å². The van der Waals surface area contributed by atoms with Crippen molar-refractivity contribution in [2.45, 2.75) is 6.29 Å². The molecule has 2 N–H and O–H groups in total. The fourth-order valence-corrected chi connectivity index (χ4v) is 2.44. The Kier molecular flexibility index (Phi) is 3.24. The number of ether oxygens (including phenoxy) is 3. The van der Waals surface area contributed by atoms with E-state index in [0.717, 1.165) is 0 Å². The first-order chi connectivity index (χ1) is 11.9. The minimum absolute atomic E-state index is 0.103. The van der Waals surface area contributed by atoms with E-state index in [2.05, 4.69) is 24.8 Å². The molecule has 0 radical (unpaired) electrons. The van der Waals surface area contributed by atoms with Gasteiger partial charge in [0, 0.05) is 17.7 Å². The Labute approximate surface area is 139 Å². The number of hydrogen-bond acceptors (Lipinski definition) is 5. The van der Waals surface area contributed by atoms with Crippen LogP contribution < -0.4 is 19.5 Å². The van der Waals surface area contributed by atoms with Crippen molar-refractivity contribution in [3.05, 3.63) is 42.0 Å². The molecule has 0 bridgehead atoms. The van der Waals surface area contributed by atoms with E-state index >= 15 is 0 Å². The molecule has 128 valence electrons. The number of fused-ring (bicyclic) bond motifs is 2. The van der Waals surface area contributed by atoms with Gasteiger partial charge < -0.3 is 19.2 Å². The van der Waals surface area contributed by atoms with Gasteiger partial charge in [-0.05, 0) is 24.3 Å². The highest BCUT2D eigenvalue weighted by atomic mass is 19.3. The van der Waals surface area contributed by atoms with Crippen molar-refractivity contribution in [2.24, 2.45) is 0 Å². The molecule has 1 amide bonds. The summed E-state index contributed by atoms with van der Waals surface area (Å²) in [5, 5.41) is 2.60. The fourth-order valence-electron chi connectivity index (χ4n) is 2.44. The van der Waals surface area contributed by atoms with E-state index < -0.39 is 6.29 Å². The Morgan fingerprint density at radius 2 is 1.88 bits per heavy atom. The molecule has 9 heteroatoms. The van der Waals surface area contributed by atoms with Crippen LogP contribution in [0.4, 0.5) is 14.7 Å². The van der Waals surface area contributed by atoms with Gasteiger partial charge in [0.25, 0.3) is 5.91 Å². The highest BCUT2D eigenvalue weighted by Crippen LogP contribution is 2.42. The molecular weight excluding hydrogens is 336 g/mol. The molecule has 0 fully saturated rings. The van der Waals surface area contributed by atoms with E-state index in [1.54, 1.807) is 24.3 Å². The van der Waals surface area contributed by atoms with Crippen LogP contribution in [0.5, 0.6) is 17.2 Å². The number of methoxy groups -OCH3 is 1. The van der Waals surface area contributed by atoms with Gasteiger partial charge in [-0.1, -0.05) is 0 Å². The number of alkyl halides is 2. The average Bonchev–Trinajstić information content (AvgIpc) is 3.09. The Hall–Kier alpha value is -3.36. The largest absolute Gasteiger partial charge is 0.586 e. The second-order valence-corrected chi connectivity index (χ2v) is 5.25. The summed E-state index contributed by atoms with van der Waals surface area (Å²) in [6.45, 7) is 0. The molecule has 1 aliphatic heterocycles. The maximum Gasteiger partial charge on any atom is 0.586 e. The van der Waals surface area contributed by atoms with E-state index in [0.29, 0.717) is 22.3 Å². The highest BCUT2D eigenvalue weighted by molar-refractivity contribution is 6.04. The number of nitrogens with zero attached hydrogens (tertiary/aromatic N) is 1. The molecule has 0 saturated carbocycles. The third-order valence-electron chi connectivity index (χ3n) is 3.59. The molecule has 0 aliphatic carbocycles. The molecule has 3 aromatic rings. The fraction of sp³-hybridized carbons (Fsp3) is 0.125. The molecule has 1 aliphatic rings. The first-order valence-corrected chi connectivity index (χ1v) is 7.18. The van der Waals surface area contributed by atoms with Crippen LogP contribution in [0.1, 0.15) is 10.4 Å². The van der Waals surface area contributed by atoms with Crippen molar-refractivity contribution in [1.29, 1.82) is 0 Å². The lowest BCUT2D eigenvalue weighted by Gasteiger charge is -2.04. The van der Waals surface area contributed by atoms with Crippen LogP contribution in [-0.4, -0.2) is 29.3 Å². The van der Waals surface area contributed by atoms with Gasteiger partial charge in [-0.25, -0.2) is 4.98 Å². The number of hydrogen-bond donors (Lipinski definition) is 2. The van der Waals surface area contributed by atoms with Crippen molar-refractivity contribution < 1.29 is 27.8 Å². The monoisotopic (exact) mass is 347 g/mol. The van der Waals surface area contributed by atoms with Crippen LogP contribution in [0.25, 0.3) is 11.0 Å². The molecule has 0 atom stereocenters. The van der Waals surface area contributed by atoms with Gasteiger partial charge >= 0.3 is 6.29 Å². The quantitative estimate of drug-likeness (QED) is 0.760. The van der Waals surface area contributed by atoms with Gasteiger partial charge in [-0.3, -0.25) is 10.1 Å². The zero-order chi connectivity index (χ0) is 17.6. The van der Waals surface area contributed by atoms with Gasteiger partial charge in [0.1, 0.15) is 5.75 Å². The summed E-state index contributed by atoms with van der Waals surface area (Å²) in [6.07, 6.45) is -3.69. The predicted molar refractivity (Wildman–Crippen MR) is 83.2 cm³/mol. The highest BCUT2D eigenvalue weighted by Gasteiger charge is 2.43. The SMILES string of the molecule is COc1ccc(C(=O)Nc2nc3cc4c(cc3[nH]2)OC(F)(F)O4)cc1. The van der Waals surface area contributed by atoms with Crippen LogP contribution in [0, 0.1) is 0 Å². The third kappa shape index (κ3) is 2.80. The Morgan fingerprint density at radius 3 is 2.56 bits per heavy atom. The lowest BCUT2D eigenvalue weighted by molar-refractivity contribution is -0.286. The van der Waals surface area contributed by atoms with Crippen LogP contribution in [0.15, 0.2) is 36.4 Å². The summed E-state index contributed by atoms with van der Waals surface area (Å²) < 4.78 is 39.9. The molecule has 0 spiro atoms. The number of nitrogens with one attached hydrogen (secondary N) is 2. The van der Waals surface area contributed by atoms with Crippen molar-refractivity contribution in [3.63, 3.8) is 0 Å². The minimum atomic E-state index is -3.69. The molecule has 0 saturated heterocycles. The molecule has 0 unspecified atom stereocenters. The number of rotatable bonds is 3. The van der Waals surface area contributed by atoms with E-state index in [1.165, 1.54) is 19.2 Å². The molecule has 7 nitrogen and oxygen atoms in total. The van der Waals surface area contributed by atoms with E-state index in [4.69, 9.17) is 4.74 Å². The zero-order valence-electron chi connectivity index (χ0n) is 12.8. The summed E-state index contributed by atoms with van der Waals surface area (Å²) >= 11 is 0. The van der Waals surface area contributed by atoms with Crippen LogP contribution in [0.3, 0.4) is 0 Å². The number of anilines is 1. The maximum atomic E-state index is 13.0. The van der Waals surface area contributed by atoms with Gasteiger partial charge in [0.05, 0.1) is 18.1 Å². The van der Waals surface area contributed by atoms with Crippen molar-refractivity contribution in [1.82, 2.24) is 9.97 Å². The molecular formula is C16H11F2N3O4. The van der Waals surface area contributed by atoms with Crippen molar-refractivity contribution in [3.8, 4) is 17.2 Å². The lowest BCUT2D eigenvalue weighted by atomic mass is 10.2. The Balaban J connectivity index is 1.57. The summed E-state index contributed by atoms with van der Waals surface area (Å²) in [5.41, 5.74) is 1.19. The number of amides is 1. The minimum Gasteiger partial charge on any atom is -0.497 e. The number of carbonyl (C=O) groups excluding carboxylic acids is 1. The standard InChI is InChI=1S/C16H11F2N3O4/c1-23-9-4-2-8(3-5-9)14(22)21-15-19-10-6-12-13(7-11(10)20-15)25-16(17,18)24-12/h2-7H,1H3,(H2,19,20,21,22). The Morgan fingerprint density at radius 1 is 1.20 bits per heavy atom. The Bertz CT molecular complexity index is 924. The second-order valence-electron chi connectivity index (χ2n) is 5.25. The summed E-state index contributed by atoms with van der Waals surface area (Å²) in [6, 6.07) is 9.18. The van der Waals surface area contributed by atoms with E-state index in [1.807, 2.05) is 0 Å². The zero-order valence-corrected chi connectivity index (χ0v) is 12.8. The van der Waals surface area contributed by atoms with Gasteiger partial charge in [0.15, 0.2) is 11.5 Å². The number of imidazole rings is 1. The molecule has 2 heterocycles. The topological polar surface area (TPSA) is 85.5 Å². The molecule has 2 aromatic carbocycles. The van der Waals surface area contributed by atoms with Crippen LogP contribution >= 0.6 is 0 Å². The normalized spacial score (nSPS) is 14.5. The van der Waals surface area contributed by atoms with Crippen molar-refractivity contribution >= 4 is 22.9 Å². The summed E-state index contributed by atoms with van der Waals surface area (Å²) in [4.78, 5) is 19.2. The number of halogens is 2. The first-order valence-electron chi connectivity index (χ1n) is 7.18. The molecule has 4 rings (SSSR count). The summed E-state index contributed by atoms with van der Waals surface area (Å²) in [7, 11) is 1.53. The number of aromatic amines is 1. The maximum absolute atomic E-state index is 13.0. The lowest BCUT2D eigenvalue weighted by Crippen LogP contribution is -2.25. The number of aromatic nitrogens is 2. The molecule has 1 aromatic heterocycles. The van der Waals surface area contributed by atoms with Gasteiger partial charge in [-0.2, -0.15) is 0 Å². The molecule has 25 heavy (non-hydrogen) atoms. The van der Waals surface area contributed by atoms with E-state index in [-0.39, 0.29) is 23.4 Å². The third-order valence-corrected chi connectivity index (χ3v) is 3.59. The number of carbonyl (C=O) groups is 1. The summed E-state index contributed by atoms with van der Waals surface area (Å²) in [5.74, 6) is 0.206. The van der Waals surface area contributed by atoms with Crippen molar-refractivity contribution in [2.75, 3.05) is 12.4 Å². The van der Waals surface area contributed by atoms with Gasteiger partial charge in [-0.15, -0.1) is 8.78 Å². The first kappa shape index (κ1) is 15.2. The number of H-pyrrole nitrogens is 1. The number of benzene rings is 2. The average molecular weight is 347 g/mol. The predicted octanol–water partition coefficient (Wildman–Crippen LogP) is 3.15. The van der Waals surface area contributed by atoms with Crippen LogP contribution in [-0.2, 0) is 0 Å².